The van der Waals surface area contributed by atoms with Gasteiger partial charge in [-0.1, -0.05) is 0 Å². The van der Waals surface area contributed by atoms with E-state index in [-0.39, 0.29) is 23.9 Å². The molecule has 3 unspecified atom stereocenters. The van der Waals surface area contributed by atoms with Crippen LogP contribution in [0.5, 0.6) is 0 Å². The average molecular weight is 172 g/mol. The number of hydrogen-bond acceptors (Lipinski definition) is 3. The van der Waals surface area contributed by atoms with Gasteiger partial charge in [-0.2, -0.15) is 0 Å². The fourth-order valence-electron chi connectivity index (χ4n) is 1.16. The number of methoxy groups -OCH3 is 1. The van der Waals surface area contributed by atoms with Crippen LogP contribution >= 0.6 is 0 Å². The van der Waals surface area contributed by atoms with E-state index in [9.17, 15) is 4.79 Å². The fraction of sp³-hybridized carbons (Fsp3) is 0.875. The van der Waals surface area contributed by atoms with Gasteiger partial charge >= 0.3 is 0 Å². The van der Waals surface area contributed by atoms with Gasteiger partial charge in [-0.05, 0) is 13.3 Å². The minimum atomic E-state index is 0.0457. The molecule has 1 saturated carbocycles. The molecule has 1 rings (SSSR count). The molecule has 0 radical (unpaired) electrons. The van der Waals surface area contributed by atoms with Crippen LogP contribution in [0.15, 0.2) is 0 Å². The lowest BCUT2D eigenvalue weighted by molar-refractivity contribution is -0.123. The smallest absolute Gasteiger partial charge is 0.225 e. The third-order valence-corrected chi connectivity index (χ3v) is 1.98. The van der Waals surface area contributed by atoms with Crippen LogP contribution in [-0.4, -0.2) is 31.7 Å². The lowest BCUT2D eigenvalue weighted by atomic mass is 10.3. The summed E-state index contributed by atoms with van der Waals surface area (Å²) in [5.74, 6) is 0.108. The number of rotatable bonds is 4. The van der Waals surface area contributed by atoms with Crippen LogP contribution in [0, 0.1) is 5.92 Å². The normalized spacial score (nSPS) is 29.6. The average Bonchev–Trinajstić information content (AvgIpc) is 2.67. The maximum Gasteiger partial charge on any atom is 0.225 e. The first-order chi connectivity index (χ1) is 5.65. The van der Waals surface area contributed by atoms with Crippen LogP contribution < -0.4 is 11.1 Å². The quantitative estimate of drug-likeness (QED) is 0.600. The monoisotopic (exact) mass is 172 g/mol. The maximum absolute atomic E-state index is 11.3. The van der Waals surface area contributed by atoms with Crippen molar-refractivity contribution in [2.24, 2.45) is 11.7 Å². The first-order valence-corrected chi connectivity index (χ1v) is 4.20. The molecule has 4 nitrogen and oxygen atoms in total. The molecule has 4 heteroatoms. The Hall–Kier alpha value is -0.610. The van der Waals surface area contributed by atoms with Gasteiger partial charge < -0.3 is 15.8 Å². The van der Waals surface area contributed by atoms with Crippen LogP contribution in [-0.2, 0) is 9.53 Å². The summed E-state index contributed by atoms with van der Waals surface area (Å²) in [5, 5.41) is 2.83. The Morgan fingerprint density at radius 1 is 1.83 bits per heavy atom. The standard InChI is InChI=1S/C8H16N2O2/c1-5(4-12-2)10-8(11)6-3-7(6)9/h5-7H,3-4,9H2,1-2H3,(H,10,11). The van der Waals surface area contributed by atoms with Crippen LogP contribution in [0.4, 0.5) is 0 Å². The molecule has 0 saturated heterocycles. The first kappa shape index (κ1) is 9.48. The second kappa shape index (κ2) is 3.87. The second-order valence-electron chi connectivity index (χ2n) is 3.37. The summed E-state index contributed by atoms with van der Waals surface area (Å²) in [6, 6.07) is 0.162. The largest absolute Gasteiger partial charge is 0.383 e. The molecule has 1 fully saturated rings. The van der Waals surface area contributed by atoms with E-state index in [1.165, 1.54) is 0 Å². The Balaban J connectivity index is 2.17. The number of amides is 1. The predicted molar refractivity (Wildman–Crippen MR) is 45.6 cm³/mol. The number of nitrogens with one attached hydrogen (secondary N) is 1. The summed E-state index contributed by atoms with van der Waals surface area (Å²) in [4.78, 5) is 11.3. The SMILES string of the molecule is COCC(C)NC(=O)C1CC1N. The predicted octanol–water partition coefficient (Wildman–Crippen LogP) is -0.515. The van der Waals surface area contributed by atoms with Crippen LogP contribution in [0.1, 0.15) is 13.3 Å². The highest BCUT2D eigenvalue weighted by Gasteiger charge is 2.40. The van der Waals surface area contributed by atoms with Crippen molar-refractivity contribution in [1.82, 2.24) is 5.32 Å². The Bertz CT molecular complexity index is 172. The van der Waals surface area contributed by atoms with Crippen molar-refractivity contribution in [3.8, 4) is 0 Å². The third-order valence-electron chi connectivity index (χ3n) is 1.98. The van der Waals surface area contributed by atoms with Crippen molar-refractivity contribution in [1.29, 1.82) is 0 Å². The van der Waals surface area contributed by atoms with Gasteiger partial charge in [0.1, 0.15) is 0 Å². The Labute approximate surface area is 72.5 Å². The molecule has 0 heterocycles. The van der Waals surface area contributed by atoms with E-state index < -0.39 is 0 Å². The summed E-state index contributed by atoms with van der Waals surface area (Å²) < 4.78 is 4.89. The van der Waals surface area contributed by atoms with Crippen molar-refractivity contribution in [3.63, 3.8) is 0 Å². The van der Waals surface area contributed by atoms with Gasteiger partial charge in [0.2, 0.25) is 5.91 Å². The minimum absolute atomic E-state index is 0.0457. The summed E-state index contributed by atoms with van der Waals surface area (Å²) in [5.41, 5.74) is 5.52. The Kier molecular flexibility index (Phi) is 3.05. The molecule has 70 valence electrons. The molecule has 0 spiro atoms. The topological polar surface area (TPSA) is 64.3 Å². The highest BCUT2D eigenvalue weighted by Crippen LogP contribution is 2.27. The van der Waals surface area contributed by atoms with Crippen LogP contribution in [0.25, 0.3) is 0 Å². The van der Waals surface area contributed by atoms with Crippen LogP contribution in [0.3, 0.4) is 0 Å². The molecule has 3 atom stereocenters. The highest BCUT2D eigenvalue weighted by atomic mass is 16.5. The fourth-order valence-corrected chi connectivity index (χ4v) is 1.16. The molecule has 1 aliphatic rings. The third kappa shape index (κ3) is 2.46. The second-order valence-corrected chi connectivity index (χ2v) is 3.37. The maximum atomic E-state index is 11.3. The van der Waals surface area contributed by atoms with Crippen molar-refractivity contribution >= 4 is 5.91 Å². The zero-order chi connectivity index (χ0) is 9.14. The summed E-state index contributed by atoms with van der Waals surface area (Å²) in [6.45, 7) is 2.46. The molecule has 0 aromatic carbocycles. The van der Waals surface area contributed by atoms with E-state index in [0.29, 0.717) is 6.61 Å². The molecule has 1 aliphatic carbocycles. The van der Waals surface area contributed by atoms with Crippen molar-refractivity contribution < 1.29 is 9.53 Å². The Morgan fingerprint density at radius 3 is 2.83 bits per heavy atom. The lowest BCUT2D eigenvalue weighted by Crippen LogP contribution is -2.37. The number of hydrogen-bond donors (Lipinski definition) is 2. The van der Waals surface area contributed by atoms with E-state index in [4.69, 9.17) is 10.5 Å². The molecule has 3 N–H and O–H groups in total. The summed E-state index contributed by atoms with van der Waals surface area (Å²) in [6.07, 6.45) is 0.825. The molecular formula is C8H16N2O2. The number of ether oxygens (including phenoxy) is 1. The first-order valence-electron chi connectivity index (χ1n) is 4.20. The number of carbonyl (C=O) groups is 1. The van der Waals surface area contributed by atoms with Gasteiger partial charge in [-0.25, -0.2) is 0 Å². The molecular weight excluding hydrogens is 156 g/mol. The van der Waals surface area contributed by atoms with E-state index in [0.717, 1.165) is 6.42 Å². The van der Waals surface area contributed by atoms with Crippen molar-refractivity contribution in [2.75, 3.05) is 13.7 Å². The van der Waals surface area contributed by atoms with Crippen LogP contribution in [0.2, 0.25) is 0 Å². The Morgan fingerprint density at radius 2 is 2.42 bits per heavy atom. The number of carbonyl (C=O) groups excluding carboxylic acids is 1. The lowest BCUT2D eigenvalue weighted by Gasteiger charge is -2.11. The summed E-state index contributed by atoms with van der Waals surface area (Å²) >= 11 is 0. The van der Waals surface area contributed by atoms with Gasteiger partial charge in [-0.15, -0.1) is 0 Å². The molecule has 0 aliphatic heterocycles. The molecule has 0 aromatic rings. The number of nitrogens with two attached hydrogens (primary N) is 1. The van der Waals surface area contributed by atoms with E-state index in [1.807, 2.05) is 6.92 Å². The zero-order valence-corrected chi connectivity index (χ0v) is 7.54. The van der Waals surface area contributed by atoms with Crippen molar-refractivity contribution in [3.05, 3.63) is 0 Å². The van der Waals surface area contributed by atoms with Gasteiger partial charge in [0.15, 0.2) is 0 Å². The minimum Gasteiger partial charge on any atom is -0.383 e. The molecule has 1 amide bonds. The van der Waals surface area contributed by atoms with E-state index >= 15 is 0 Å². The summed E-state index contributed by atoms with van der Waals surface area (Å²) in [7, 11) is 1.62. The highest BCUT2D eigenvalue weighted by molar-refractivity contribution is 5.82. The van der Waals surface area contributed by atoms with E-state index in [2.05, 4.69) is 5.32 Å². The van der Waals surface area contributed by atoms with Gasteiger partial charge in [0.05, 0.1) is 12.5 Å². The van der Waals surface area contributed by atoms with Gasteiger partial charge in [-0.3, -0.25) is 4.79 Å². The zero-order valence-electron chi connectivity index (χ0n) is 7.54. The molecule has 0 aromatic heterocycles. The van der Waals surface area contributed by atoms with Crippen molar-refractivity contribution in [2.45, 2.75) is 25.4 Å². The van der Waals surface area contributed by atoms with Gasteiger partial charge in [0.25, 0.3) is 0 Å². The molecule has 12 heavy (non-hydrogen) atoms. The molecule has 0 bridgehead atoms. The van der Waals surface area contributed by atoms with E-state index in [1.54, 1.807) is 7.11 Å². The van der Waals surface area contributed by atoms with Gasteiger partial charge in [0, 0.05) is 19.2 Å².